The topological polar surface area (TPSA) is 61.9 Å². The second-order valence-corrected chi connectivity index (χ2v) is 8.78. The van der Waals surface area contributed by atoms with Crippen molar-refractivity contribution < 1.29 is 9.18 Å². The fraction of sp³-hybridized carbons (Fsp3) is 0.192. The molecule has 0 saturated heterocycles. The van der Waals surface area contributed by atoms with Crippen LogP contribution in [-0.2, 0) is 17.8 Å². The van der Waals surface area contributed by atoms with E-state index in [1.54, 1.807) is 29.7 Å². The number of hydrogen-bond donors (Lipinski definition) is 1. The largest absolute Gasteiger partial charge is 0.345 e. The van der Waals surface area contributed by atoms with Gasteiger partial charge >= 0.3 is 0 Å². The molecule has 0 aliphatic heterocycles. The van der Waals surface area contributed by atoms with E-state index in [4.69, 9.17) is 11.6 Å². The number of nitrogens with one attached hydrogen (secondary N) is 1. The summed E-state index contributed by atoms with van der Waals surface area (Å²) in [6, 6.07) is 14.0. The first-order valence-electron chi connectivity index (χ1n) is 10.8. The molecule has 2 heterocycles. The minimum atomic E-state index is -0.430. The molecule has 5 rings (SSSR count). The first kappa shape index (κ1) is 21.3. The van der Waals surface area contributed by atoms with Gasteiger partial charge in [0.15, 0.2) is 0 Å². The van der Waals surface area contributed by atoms with Crippen LogP contribution < -0.4 is 4.90 Å². The number of carbonyl (C=O) groups excluding carboxylic acids is 1. The molecule has 4 aromatic rings. The summed E-state index contributed by atoms with van der Waals surface area (Å²) in [5.41, 5.74) is 5.25. The van der Waals surface area contributed by atoms with Crippen LogP contribution in [0.15, 0.2) is 73.4 Å². The molecule has 1 amide bonds. The van der Waals surface area contributed by atoms with Crippen LogP contribution in [0, 0.1) is 5.82 Å². The lowest BCUT2D eigenvalue weighted by molar-refractivity contribution is -0.118. The monoisotopic (exact) mass is 460 g/mol. The zero-order valence-electron chi connectivity index (χ0n) is 17.8. The maximum absolute atomic E-state index is 14.0. The molecule has 1 aliphatic carbocycles. The van der Waals surface area contributed by atoms with Gasteiger partial charge in [-0.05, 0) is 71.3 Å². The van der Waals surface area contributed by atoms with Crippen molar-refractivity contribution in [3.63, 3.8) is 0 Å². The van der Waals surface area contributed by atoms with Crippen molar-refractivity contribution in [2.75, 3.05) is 4.90 Å². The molecule has 33 heavy (non-hydrogen) atoms. The number of aromatic nitrogens is 3. The Morgan fingerprint density at radius 3 is 2.55 bits per heavy atom. The second-order valence-electron chi connectivity index (χ2n) is 8.35. The number of rotatable bonds is 7. The van der Waals surface area contributed by atoms with Gasteiger partial charge in [-0.1, -0.05) is 29.8 Å². The van der Waals surface area contributed by atoms with E-state index in [9.17, 15) is 9.18 Å². The van der Waals surface area contributed by atoms with Crippen molar-refractivity contribution in [3.05, 3.63) is 101 Å². The van der Waals surface area contributed by atoms with Crippen LogP contribution in [-0.4, -0.2) is 20.9 Å². The van der Waals surface area contributed by atoms with E-state index < -0.39 is 5.82 Å². The number of carbonyl (C=O) groups is 1. The number of halogens is 2. The Bertz CT molecular complexity index is 1250. The Morgan fingerprint density at radius 1 is 1.03 bits per heavy atom. The number of imidazole rings is 1. The average Bonchev–Trinajstić information content (AvgIpc) is 3.51. The molecule has 1 N–H and O–H groups in total. The third kappa shape index (κ3) is 5.12. The zero-order valence-corrected chi connectivity index (χ0v) is 18.6. The van der Waals surface area contributed by atoms with Crippen molar-refractivity contribution >= 4 is 23.2 Å². The van der Waals surface area contributed by atoms with Crippen molar-refractivity contribution in [2.45, 2.75) is 31.7 Å². The number of aromatic amines is 1. The van der Waals surface area contributed by atoms with Gasteiger partial charge in [-0.15, -0.1) is 0 Å². The molecular formula is C26H22ClFN4O. The molecule has 1 aliphatic rings. The molecule has 0 unspecified atom stereocenters. The Morgan fingerprint density at radius 2 is 1.85 bits per heavy atom. The maximum Gasteiger partial charge on any atom is 0.231 e. The van der Waals surface area contributed by atoms with Crippen LogP contribution in [0.1, 0.15) is 35.4 Å². The summed E-state index contributed by atoms with van der Waals surface area (Å²) >= 11 is 6.06. The Hall–Kier alpha value is -3.51. The molecule has 2 aromatic carbocycles. The van der Waals surface area contributed by atoms with Crippen LogP contribution in [0.4, 0.5) is 10.1 Å². The molecule has 166 valence electrons. The van der Waals surface area contributed by atoms with Crippen molar-refractivity contribution in [2.24, 2.45) is 0 Å². The standard InChI is InChI=1S/C26H22ClFN4O/c27-22-8-18(9-23(28)11-22)15-32(24-5-3-20(4-6-24)25-14-30-16-31-25)26(33)10-17-7-21(13-29-12-17)19-1-2-19/h3-9,11-14,16,19H,1-2,10,15H2,(H,30,31). The van der Waals surface area contributed by atoms with Crippen LogP contribution in [0.3, 0.4) is 0 Å². The number of pyridine rings is 1. The highest BCUT2D eigenvalue weighted by molar-refractivity contribution is 6.30. The molecule has 0 bridgehead atoms. The van der Waals surface area contributed by atoms with E-state index in [0.29, 0.717) is 16.5 Å². The summed E-state index contributed by atoms with van der Waals surface area (Å²) < 4.78 is 14.0. The lowest BCUT2D eigenvalue weighted by Crippen LogP contribution is -2.32. The Kier molecular flexibility index (Phi) is 5.92. The average molecular weight is 461 g/mol. The lowest BCUT2D eigenvalue weighted by atomic mass is 10.1. The highest BCUT2D eigenvalue weighted by Gasteiger charge is 2.24. The molecule has 0 atom stereocenters. The first-order chi connectivity index (χ1) is 16.0. The number of benzene rings is 2. The predicted molar refractivity (Wildman–Crippen MR) is 127 cm³/mol. The third-order valence-corrected chi connectivity index (χ3v) is 5.99. The first-order valence-corrected chi connectivity index (χ1v) is 11.2. The highest BCUT2D eigenvalue weighted by atomic mass is 35.5. The highest BCUT2D eigenvalue weighted by Crippen LogP contribution is 2.39. The van der Waals surface area contributed by atoms with Crippen LogP contribution >= 0.6 is 11.6 Å². The molecular weight excluding hydrogens is 439 g/mol. The molecule has 0 spiro atoms. The SMILES string of the molecule is O=C(Cc1cncc(C2CC2)c1)N(Cc1cc(F)cc(Cl)c1)c1ccc(-c2cnc[nH]2)cc1. The van der Waals surface area contributed by atoms with Crippen LogP contribution in [0.2, 0.25) is 5.02 Å². The fourth-order valence-corrected chi connectivity index (χ4v) is 4.20. The van der Waals surface area contributed by atoms with Gasteiger partial charge in [-0.3, -0.25) is 9.78 Å². The van der Waals surface area contributed by atoms with E-state index in [1.165, 1.54) is 30.5 Å². The van der Waals surface area contributed by atoms with Gasteiger partial charge in [0.05, 0.1) is 31.2 Å². The summed E-state index contributed by atoms with van der Waals surface area (Å²) in [4.78, 5) is 26.6. The predicted octanol–water partition coefficient (Wildman–Crippen LogP) is 5.92. The molecule has 1 fully saturated rings. The van der Waals surface area contributed by atoms with Gasteiger partial charge in [0, 0.05) is 23.1 Å². The number of anilines is 1. The fourth-order valence-electron chi connectivity index (χ4n) is 3.96. The molecule has 7 heteroatoms. The van der Waals surface area contributed by atoms with Gasteiger partial charge < -0.3 is 9.88 Å². The van der Waals surface area contributed by atoms with Crippen LogP contribution in [0.25, 0.3) is 11.3 Å². The zero-order chi connectivity index (χ0) is 22.8. The van der Waals surface area contributed by atoms with E-state index in [0.717, 1.165) is 22.5 Å². The van der Waals surface area contributed by atoms with Gasteiger partial charge in [0.25, 0.3) is 0 Å². The van der Waals surface area contributed by atoms with Crippen molar-refractivity contribution in [1.82, 2.24) is 15.0 Å². The van der Waals surface area contributed by atoms with Gasteiger partial charge in [-0.25, -0.2) is 9.37 Å². The summed E-state index contributed by atoms with van der Waals surface area (Å²) in [7, 11) is 0. The summed E-state index contributed by atoms with van der Waals surface area (Å²) in [6.45, 7) is 0.204. The summed E-state index contributed by atoms with van der Waals surface area (Å²) in [5, 5.41) is 0.299. The normalized spacial score (nSPS) is 13.2. The Balaban J connectivity index is 1.43. The third-order valence-electron chi connectivity index (χ3n) is 5.77. The molecule has 0 radical (unpaired) electrons. The maximum atomic E-state index is 14.0. The molecule has 1 saturated carbocycles. The lowest BCUT2D eigenvalue weighted by Gasteiger charge is -2.24. The van der Waals surface area contributed by atoms with Crippen molar-refractivity contribution in [3.8, 4) is 11.3 Å². The summed E-state index contributed by atoms with van der Waals surface area (Å²) in [5.74, 6) is 0.0355. The van der Waals surface area contributed by atoms with Crippen molar-refractivity contribution in [1.29, 1.82) is 0 Å². The van der Waals surface area contributed by atoms with E-state index in [1.807, 2.05) is 30.5 Å². The minimum absolute atomic E-state index is 0.0978. The second kappa shape index (κ2) is 9.16. The molecule has 5 nitrogen and oxygen atoms in total. The molecule has 2 aromatic heterocycles. The number of nitrogens with zero attached hydrogens (tertiary/aromatic N) is 3. The quantitative estimate of drug-likeness (QED) is 0.372. The van der Waals surface area contributed by atoms with Crippen LogP contribution in [0.5, 0.6) is 0 Å². The van der Waals surface area contributed by atoms with Gasteiger partial charge in [0.2, 0.25) is 5.91 Å². The Labute approximate surface area is 196 Å². The van der Waals surface area contributed by atoms with Gasteiger partial charge in [-0.2, -0.15) is 0 Å². The number of hydrogen-bond acceptors (Lipinski definition) is 3. The number of amides is 1. The minimum Gasteiger partial charge on any atom is -0.345 e. The summed E-state index contributed by atoms with van der Waals surface area (Å²) in [6.07, 6.45) is 9.54. The smallest absolute Gasteiger partial charge is 0.231 e. The van der Waals surface area contributed by atoms with E-state index in [-0.39, 0.29) is 18.9 Å². The van der Waals surface area contributed by atoms with Gasteiger partial charge in [0.1, 0.15) is 5.82 Å². The van der Waals surface area contributed by atoms with E-state index >= 15 is 0 Å². The number of H-pyrrole nitrogens is 1. The van der Waals surface area contributed by atoms with E-state index in [2.05, 4.69) is 21.0 Å².